The van der Waals surface area contributed by atoms with Crippen molar-refractivity contribution in [3.8, 4) is 0 Å². The first-order valence-electron chi connectivity index (χ1n) is 13.5. The molecular weight excluding hydrogens is 569 g/mol. The van der Waals surface area contributed by atoms with E-state index in [4.69, 9.17) is 11.6 Å². The maximum atomic E-state index is 15.0. The second-order valence-electron chi connectivity index (χ2n) is 10.5. The van der Waals surface area contributed by atoms with E-state index in [0.29, 0.717) is 55.4 Å². The normalized spacial score (nSPS) is 17.5. The zero-order valence-electron chi connectivity index (χ0n) is 22.7. The van der Waals surface area contributed by atoms with Crippen LogP contribution >= 0.6 is 11.6 Å². The number of rotatable bonds is 8. The van der Waals surface area contributed by atoms with Gasteiger partial charge in [-0.2, -0.15) is 13.2 Å². The van der Waals surface area contributed by atoms with E-state index in [-0.39, 0.29) is 30.5 Å². The Morgan fingerprint density at radius 1 is 0.976 bits per heavy atom. The Morgan fingerprint density at radius 2 is 1.66 bits per heavy atom. The zero-order valence-corrected chi connectivity index (χ0v) is 23.4. The molecule has 7 nitrogen and oxygen atoms in total. The molecule has 2 heterocycles. The minimum atomic E-state index is -4.23. The van der Waals surface area contributed by atoms with Crippen molar-refractivity contribution >= 4 is 34.8 Å². The Morgan fingerprint density at radius 3 is 2.32 bits per heavy atom. The van der Waals surface area contributed by atoms with E-state index in [9.17, 15) is 31.5 Å². The molecule has 0 bridgehead atoms. The van der Waals surface area contributed by atoms with E-state index in [1.807, 2.05) is 11.9 Å². The fourth-order valence-corrected chi connectivity index (χ4v) is 5.22. The lowest BCUT2D eigenvalue weighted by atomic mass is 9.96. The Hall–Kier alpha value is -2.96. The second kappa shape index (κ2) is 13.3. The summed E-state index contributed by atoms with van der Waals surface area (Å²) in [5.41, 5.74) is 0.245. The first-order chi connectivity index (χ1) is 19.4. The van der Waals surface area contributed by atoms with Crippen molar-refractivity contribution in [2.75, 3.05) is 63.1 Å². The summed E-state index contributed by atoms with van der Waals surface area (Å²) in [4.78, 5) is 31.2. The number of likely N-dealkylation sites (tertiary alicyclic amines) is 1. The average molecular weight is 602 g/mol. The number of halogens is 6. The summed E-state index contributed by atoms with van der Waals surface area (Å²) in [6, 6.07) is 7.11. The van der Waals surface area contributed by atoms with Crippen LogP contribution in [-0.4, -0.2) is 80.7 Å². The van der Waals surface area contributed by atoms with Gasteiger partial charge in [-0.25, -0.2) is 8.78 Å². The molecule has 2 aliphatic rings. The Bertz CT molecular complexity index is 1250. The largest absolute Gasteiger partial charge is 0.390 e. The molecule has 2 aromatic carbocycles. The number of piperazine rings is 1. The predicted molar refractivity (Wildman–Crippen MR) is 147 cm³/mol. The SMILES string of the molecule is CN1CCC(C(=O)NCc2ccc(C(=O)Nc3ccc(Cl)cc3N3CCN(CCC(F)(F)F)CC3)c(F)c2F)CC1. The molecule has 2 saturated heterocycles. The number of carbonyl (C=O) groups is 2. The van der Waals surface area contributed by atoms with E-state index >= 15 is 0 Å². The summed E-state index contributed by atoms with van der Waals surface area (Å²) in [6.07, 6.45) is -3.73. The van der Waals surface area contributed by atoms with Crippen LogP contribution in [0.5, 0.6) is 0 Å². The van der Waals surface area contributed by atoms with E-state index < -0.39 is 35.7 Å². The van der Waals surface area contributed by atoms with Crippen molar-refractivity contribution in [1.82, 2.24) is 15.1 Å². The van der Waals surface area contributed by atoms with Crippen LogP contribution in [0.3, 0.4) is 0 Å². The molecule has 0 atom stereocenters. The minimum Gasteiger partial charge on any atom is -0.367 e. The number of carbonyl (C=O) groups excluding carboxylic acids is 2. The lowest BCUT2D eigenvalue weighted by molar-refractivity contribution is -0.138. The van der Waals surface area contributed by atoms with Gasteiger partial charge in [0.2, 0.25) is 5.91 Å². The van der Waals surface area contributed by atoms with Gasteiger partial charge in [0, 0.05) is 55.8 Å². The number of piperidine rings is 1. The minimum absolute atomic E-state index is 0.0732. The third-order valence-corrected chi connectivity index (χ3v) is 7.82. The van der Waals surface area contributed by atoms with Crippen molar-refractivity contribution in [3.63, 3.8) is 0 Å². The summed E-state index contributed by atoms with van der Waals surface area (Å²) in [6.45, 7) is 2.82. The molecule has 0 aliphatic carbocycles. The Kier molecular flexibility index (Phi) is 10.1. The summed E-state index contributed by atoms with van der Waals surface area (Å²) >= 11 is 6.17. The number of nitrogens with zero attached hydrogens (tertiary/aromatic N) is 3. The second-order valence-corrected chi connectivity index (χ2v) is 10.9. The Labute approximate surface area is 240 Å². The standard InChI is InChI=1S/C28H33ClF5N5O2/c1-37-9-6-18(7-10-37)26(40)35-17-19-2-4-21(25(31)24(19)30)27(41)36-22-5-3-20(29)16-23(22)39-14-12-38(13-15-39)11-8-28(32,33)34/h2-5,16,18H,6-15,17H2,1H3,(H,35,40)(H,36,41). The van der Waals surface area contributed by atoms with Gasteiger partial charge < -0.3 is 20.4 Å². The quantitative estimate of drug-likeness (QED) is 0.421. The van der Waals surface area contributed by atoms with E-state index in [1.54, 1.807) is 11.0 Å². The number of benzene rings is 2. The first kappa shape index (κ1) is 31.0. The van der Waals surface area contributed by atoms with Crippen molar-refractivity contribution in [1.29, 1.82) is 0 Å². The van der Waals surface area contributed by atoms with Gasteiger partial charge >= 0.3 is 6.18 Å². The van der Waals surface area contributed by atoms with Gasteiger partial charge in [-0.1, -0.05) is 17.7 Å². The van der Waals surface area contributed by atoms with Crippen LogP contribution in [0.25, 0.3) is 0 Å². The number of amides is 2. The molecule has 2 aliphatic heterocycles. The molecule has 41 heavy (non-hydrogen) atoms. The first-order valence-corrected chi connectivity index (χ1v) is 13.9. The number of alkyl halides is 3. The molecule has 224 valence electrons. The number of hydrogen-bond donors (Lipinski definition) is 2. The monoisotopic (exact) mass is 601 g/mol. The van der Waals surface area contributed by atoms with E-state index in [1.165, 1.54) is 24.3 Å². The summed E-state index contributed by atoms with van der Waals surface area (Å²) < 4.78 is 67.6. The van der Waals surface area contributed by atoms with Crippen LogP contribution < -0.4 is 15.5 Å². The molecule has 0 aromatic heterocycles. The maximum absolute atomic E-state index is 15.0. The van der Waals surface area contributed by atoms with Crippen LogP contribution in [0.4, 0.5) is 33.3 Å². The van der Waals surface area contributed by atoms with Gasteiger partial charge in [-0.3, -0.25) is 14.5 Å². The molecule has 2 fully saturated rings. The van der Waals surface area contributed by atoms with Gasteiger partial charge in [0.15, 0.2) is 11.6 Å². The van der Waals surface area contributed by atoms with Gasteiger partial charge in [0.1, 0.15) is 0 Å². The van der Waals surface area contributed by atoms with Crippen LogP contribution in [0.15, 0.2) is 30.3 Å². The topological polar surface area (TPSA) is 67.9 Å². The van der Waals surface area contributed by atoms with Crippen molar-refractivity contribution in [2.24, 2.45) is 5.92 Å². The average Bonchev–Trinajstić information content (AvgIpc) is 2.93. The molecule has 2 aromatic rings. The number of anilines is 2. The summed E-state index contributed by atoms with van der Waals surface area (Å²) in [5, 5.41) is 5.65. The summed E-state index contributed by atoms with van der Waals surface area (Å²) in [7, 11) is 1.98. The van der Waals surface area contributed by atoms with Crippen LogP contribution in [0, 0.1) is 17.6 Å². The lowest BCUT2D eigenvalue weighted by Gasteiger charge is -2.37. The lowest BCUT2D eigenvalue weighted by Crippen LogP contribution is -2.47. The molecule has 0 spiro atoms. The highest BCUT2D eigenvalue weighted by molar-refractivity contribution is 6.31. The predicted octanol–water partition coefficient (Wildman–Crippen LogP) is 4.90. The molecular formula is C28H33ClF5N5O2. The fraction of sp³-hybridized carbons (Fsp3) is 0.500. The van der Waals surface area contributed by atoms with Gasteiger partial charge in [0.25, 0.3) is 5.91 Å². The highest BCUT2D eigenvalue weighted by Crippen LogP contribution is 2.31. The molecule has 0 unspecified atom stereocenters. The maximum Gasteiger partial charge on any atom is 0.390 e. The number of nitrogens with one attached hydrogen (secondary N) is 2. The van der Waals surface area contributed by atoms with Crippen molar-refractivity contribution < 1.29 is 31.5 Å². The van der Waals surface area contributed by atoms with Crippen LogP contribution in [0.2, 0.25) is 5.02 Å². The van der Waals surface area contributed by atoms with Crippen molar-refractivity contribution in [2.45, 2.75) is 32.0 Å². The fourth-order valence-electron chi connectivity index (χ4n) is 5.06. The molecule has 0 radical (unpaired) electrons. The molecule has 0 saturated carbocycles. The van der Waals surface area contributed by atoms with Gasteiger partial charge in [-0.05, 0) is 57.2 Å². The third kappa shape index (κ3) is 8.30. The smallest absolute Gasteiger partial charge is 0.367 e. The highest BCUT2D eigenvalue weighted by atomic mass is 35.5. The molecule has 13 heteroatoms. The molecule has 2 amide bonds. The summed E-state index contributed by atoms with van der Waals surface area (Å²) in [5.74, 6) is -3.82. The third-order valence-electron chi connectivity index (χ3n) is 7.58. The zero-order chi connectivity index (χ0) is 29.7. The van der Waals surface area contributed by atoms with E-state index in [2.05, 4.69) is 15.5 Å². The van der Waals surface area contributed by atoms with Crippen LogP contribution in [-0.2, 0) is 11.3 Å². The Balaban J connectivity index is 1.39. The van der Waals surface area contributed by atoms with Crippen LogP contribution in [0.1, 0.15) is 35.2 Å². The highest BCUT2D eigenvalue weighted by Gasteiger charge is 2.29. The van der Waals surface area contributed by atoms with Gasteiger partial charge in [-0.15, -0.1) is 0 Å². The van der Waals surface area contributed by atoms with Gasteiger partial charge in [0.05, 0.1) is 23.4 Å². The molecule has 4 rings (SSSR count). The van der Waals surface area contributed by atoms with Crippen molar-refractivity contribution in [3.05, 3.63) is 58.1 Å². The van der Waals surface area contributed by atoms with E-state index in [0.717, 1.165) is 13.1 Å². The molecule has 2 N–H and O–H groups in total. The number of hydrogen-bond acceptors (Lipinski definition) is 5.